The minimum absolute atomic E-state index is 0.592. The highest BCUT2D eigenvalue weighted by molar-refractivity contribution is 5.75. The Kier molecular flexibility index (Phi) is 4.50. The Bertz CT molecular complexity index is 597. The summed E-state index contributed by atoms with van der Waals surface area (Å²) in [6, 6.07) is 5.63. The zero-order chi connectivity index (χ0) is 14.5. The van der Waals surface area contributed by atoms with Crippen LogP contribution in [0, 0.1) is 0 Å². The van der Waals surface area contributed by atoms with Gasteiger partial charge in [0.2, 0.25) is 5.88 Å². The van der Waals surface area contributed by atoms with Crippen molar-refractivity contribution in [1.82, 2.24) is 14.9 Å². The van der Waals surface area contributed by atoms with E-state index in [4.69, 9.17) is 9.47 Å². The van der Waals surface area contributed by atoms with Gasteiger partial charge in [0.1, 0.15) is 12.4 Å². The zero-order valence-electron chi connectivity index (χ0n) is 12.4. The van der Waals surface area contributed by atoms with Gasteiger partial charge in [-0.2, -0.15) is 0 Å². The molecule has 1 aliphatic heterocycles. The van der Waals surface area contributed by atoms with Gasteiger partial charge in [0.05, 0.1) is 24.3 Å². The summed E-state index contributed by atoms with van der Waals surface area (Å²) in [6.45, 7) is 4.05. The number of hydrogen-bond acceptors (Lipinski definition) is 5. The van der Waals surface area contributed by atoms with E-state index >= 15 is 0 Å². The van der Waals surface area contributed by atoms with Gasteiger partial charge in [-0.1, -0.05) is 6.42 Å². The number of hydrogen-bond donors (Lipinski definition) is 0. The molecule has 0 N–H and O–H groups in total. The molecule has 0 unspecified atom stereocenters. The third-order valence-corrected chi connectivity index (χ3v) is 3.82. The predicted molar refractivity (Wildman–Crippen MR) is 81.9 cm³/mol. The van der Waals surface area contributed by atoms with E-state index in [1.807, 2.05) is 18.2 Å². The fourth-order valence-electron chi connectivity index (χ4n) is 2.64. The van der Waals surface area contributed by atoms with Crippen molar-refractivity contribution >= 4 is 11.0 Å². The van der Waals surface area contributed by atoms with Crippen LogP contribution in [0.25, 0.3) is 11.0 Å². The molecular weight excluding hydrogens is 266 g/mol. The average Bonchev–Trinajstić information content (AvgIpc) is 2.55. The number of likely N-dealkylation sites (tertiary alicyclic amines) is 1. The summed E-state index contributed by atoms with van der Waals surface area (Å²) in [5.41, 5.74) is 1.64. The van der Waals surface area contributed by atoms with E-state index in [0.717, 1.165) is 23.3 Å². The molecular formula is C16H21N3O2. The fraction of sp³-hybridized carbons (Fsp3) is 0.500. The second kappa shape index (κ2) is 6.72. The minimum atomic E-state index is 0.592. The standard InChI is InChI=1S/C16H21N3O2/c1-20-16-6-5-14-15(18-16)11-13(12-17-14)21-10-9-19-7-3-2-4-8-19/h5-6,11-12H,2-4,7-10H2,1H3. The van der Waals surface area contributed by atoms with Gasteiger partial charge in [-0.15, -0.1) is 0 Å². The number of pyridine rings is 2. The van der Waals surface area contributed by atoms with E-state index in [1.165, 1.54) is 32.4 Å². The van der Waals surface area contributed by atoms with Crippen molar-refractivity contribution in [1.29, 1.82) is 0 Å². The molecule has 2 aromatic rings. The number of methoxy groups -OCH3 is 1. The van der Waals surface area contributed by atoms with E-state index in [2.05, 4.69) is 14.9 Å². The molecule has 1 aliphatic rings. The van der Waals surface area contributed by atoms with E-state index < -0.39 is 0 Å². The molecule has 21 heavy (non-hydrogen) atoms. The highest BCUT2D eigenvalue weighted by Crippen LogP contribution is 2.19. The first-order valence-corrected chi connectivity index (χ1v) is 7.51. The van der Waals surface area contributed by atoms with Crippen LogP contribution in [-0.4, -0.2) is 48.2 Å². The molecule has 112 valence electrons. The van der Waals surface area contributed by atoms with Crippen LogP contribution in [-0.2, 0) is 0 Å². The second-order valence-electron chi connectivity index (χ2n) is 5.31. The van der Waals surface area contributed by atoms with Gasteiger partial charge < -0.3 is 9.47 Å². The number of piperidine rings is 1. The normalized spacial score (nSPS) is 16.0. The van der Waals surface area contributed by atoms with Crippen LogP contribution in [0.1, 0.15) is 19.3 Å². The van der Waals surface area contributed by atoms with Gasteiger partial charge in [-0.3, -0.25) is 9.88 Å². The summed E-state index contributed by atoms with van der Waals surface area (Å²) in [5, 5.41) is 0. The molecule has 0 amide bonds. The molecule has 5 heteroatoms. The molecule has 5 nitrogen and oxygen atoms in total. The van der Waals surface area contributed by atoms with Crippen LogP contribution in [0.5, 0.6) is 11.6 Å². The van der Waals surface area contributed by atoms with E-state index in [-0.39, 0.29) is 0 Å². The molecule has 1 saturated heterocycles. The number of ether oxygens (including phenoxy) is 2. The van der Waals surface area contributed by atoms with Crippen molar-refractivity contribution in [3.63, 3.8) is 0 Å². The van der Waals surface area contributed by atoms with Crippen molar-refractivity contribution in [3.8, 4) is 11.6 Å². The zero-order valence-corrected chi connectivity index (χ0v) is 12.4. The minimum Gasteiger partial charge on any atom is -0.491 e. The molecule has 0 radical (unpaired) electrons. The molecule has 0 bridgehead atoms. The van der Waals surface area contributed by atoms with Crippen LogP contribution >= 0.6 is 0 Å². The Morgan fingerprint density at radius 2 is 2.00 bits per heavy atom. The summed E-state index contributed by atoms with van der Waals surface area (Å²) < 4.78 is 10.9. The lowest BCUT2D eigenvalue weighted by Gasteiger charge is -2.26. The van der Waals surface area contributed by atoms with Crippen LogP contribution in [0.15, 0.2) is 24.4 Å². The largest absolute Gasteiger partial charge is 0.491 e. The van der Waals surface area contributed by atoms with Crippen molar-refractivity contribution < 1.29 is 9.47 Å². The van der Waals surface area contributed by atoms with Gasteiger partial charge in [0.15, 0.2) is 0 Å². The molecule has 2 aromatic heterocycles. The first kappa shape index (κ1) is 14.1. The molecule has 3 heterocycles. The molecule has 0 atom stereocenters. The molecule has 1 fully saturated rings. The Labute approximate surface area is 124 Å². The maximum absolute atomic E-state index is 5.81. The first-order valence-electron chi connectivity index (χ1n) is 7.51. The summed E-state index contributed by atoms with van der Waals surface area (Å²) >= 11 is 0. The summed E-state index contributed by atoms with van der Waals surface area (Å²) in [6.07, 6.45) is 5.73. The fourth-order valence-corrected chi connectivity index (χ4v) is 2.64. The van der Waals surface area contributed by atoms with Gasteiger partial charge >= 0.3 is 0 Å². The highest BCUT2D eigenvalue weighted by Gasteiger charge is 2.09. The SMILES string of the molecule is COc1ccc2ncc(OCCN3CCCCC3)cc2n1. The van der Waals surface area contributed by atoms with Crippen LogP contribution in [0.2, 0.25) is 0 Å². The van der Waals surface area contributed by atoms with Gasteiger partial charge in [0, 0.05) is 18.7 Å². The lowest BCUT2D eigenvalue weighted by molar-refractivity contribution is 0.183. The summed E-state index contributed by atoms with van der Waals surface area (Å²) in [7, 11) is 1.61. The summed E-state index contributed by atoms with van der Waals surface area (Å²) in [5.74, 6) is 1.36. The van der Waals surface area contributed by atoms with E-state index in [0.29, 0.717) is 12.5 Å². The Morgan fingerprint density at radius 3 is 2.81 bits per heavy atom. The van der Waals surface area contributed by atoms with Crippen molar-refractivity contribution in [2.45, 2.75) is 19.3 Å². The molecule has 0 spiro atoms. The quantitative estimate of drug-likeness (QED) is 0.845. The summed E-state index contributed by atoms with van der Waals surface area (Å²) in [4.78, 5) is 11.2. The maximum Gasteiger partial charge on any atom is 0.213 e. The predicted octanol–water partition coefficient (Wildman–Crippen LogP) is 2.50. The third kappa shape index (κ3) is 3.61. The Hall–Kier alpha value is -1.88. The van der Waals surface area contributed by atoms with Crippen molar-refractivity contribution in [3.05, 3.63) is 24.4 Å². The van der Waals surface area contributed by atoms with Crippen LogP contribution in [0.3, 0.4) is 0 Å². The Balaban J connectivity index is 1.60. The first-order chi connectivity index (χ1) is 10.3. The van der Waals surface area contributed by atoms with E-state index in [9.17, 15) is 0 Å². The third-order valence-electron chi connectivity index (χ3n) is 3.82. The van der Waals surface area contributed by atoms with Crippen LogP contribution in [0.4, 0.5) is 0 Å². The topological polar surface area (TPSA) is 47.5 Å². The van der Waals surface area contributed by atoms with Crippen LogP contribution < -0.4 is 9.47 Å². The highest BCUT2D eigenvalue weighted by atomic mass is 16.5. The van der Waals surface area contributed by atoms with E-state index in [1.54, 1.807) is 13.3 Å². The lowest BCUT2D eigenvalue weighted by atomic mass is 10.1. The number of rotatable bonds is 5. The number of fused-ring (bicyclic) bond motifs is 1. The monoisotopic (exact) mass is 287 g/mol. The molecule has 0 saturated carbocycles. The smallest absolute Gasteiger partial charge is 0.213 e. The van der Waals surface area contributed by atoms with Crippen molar-refractivity contribution in [2.24, 2.45) is 0 Å². The van der Waals surface area contributed by atoms with Gasteiger partial charge in [-0.25, -0.2) is 4.98 Å². The molecule has 0 aliphatic carbocycles. The maximum atomic E-state index is 5.81. The Morgan fingerprint density at radius 1 is 1.14 bits per heavy atom. The molecule has 0 aromatic carbocycles. The number of nitrogens with zero attached hydrogens (tertiary/aromatic N) is 3. The van der Waals surface area contributed by atoms with Crippen molar-refractivity contribution in [2.75, 3.05) is 33.4 Å². The number of aromatic nitrogens is 2. The van der Waals surface area contributed by atoms with Gasteiger partial charge in [0.25, 0.3) is 0 Å². The lowest BCUT2D eigenvalue weighted by Crippen LogP contribution is -2.33. The second-order valence-corrected chi connectivity index (χ2v) is 5.31. The van der Waals surface area contributed by atoms with Gasteiger partial charge in [-0.05, 0) is 32.0 Å². The average molecular weight is 287 g/mol. The molecule has 3 rings (SSSR count).